The van der Waals surface area contributed by atoms with Gasteiger partial charge in [-0.05, 0) is 98.8 Å². The van der Waals surface area contributed by atoms with Crippen LogP contribution in [0.5, 0.6) is 0 Å². The summed E-state index contributed by atoms with van der Waals surface area (Å²) in [5.41, 5.74) is 6.01. The summed E-state index contributed by atoms with van der Waals surface area (Å²) < 4.78 is 0. The molecule has 0 radical (unpaired) electrons. The van der Waals surface area contributed by atoms with Crippen molar-refractivity contribution >= 4 is 56.0 Å². The van der Waals surface area contributed by atoms with Crippen LogP contribution in [0.3, 0.4) is 0 Å². The predicted octanol–water partition coefficient (Wildman–Crippen LogP) is 7.89. The fourth-order valence-corrected chi connectivity index (χ4v) is 7.01. The first-order valence-corrected chi connectivity index (χ1v) is 15.4. The molecule has 2 aliphatic rings. The minimum Gasteiger partial charge on any atom is -0.478 e. The van der Waals surface area contributed by atoms with Gasteiger partial charge < -0.3 is 5.11 Å². The minimum atomic E-state index is -0.911. The second-order valence-corrected chi connectivity index (χ2v) is 12.8. The maximum Gasteiger partial charge on any atom is 0.335 e. The van der Waals surface area contributed by atoms with E-state index in [1.165, 1.54) is 43.1 Å². The highest BCUT2D eigenvalue weighted by atomic mass is 16.4. The molecule has 1 aliphatic heterocycles. The van der Waals surface area contributed by atoms with E-state index in [1.807, 2.05) is 18.2 Å². The Labute approximate surface area is 266 Å². The van der Waals surface area contributed by atoms with Gasteiger partial charge in [-0.15, -0.1) is 0 Å². The number of hydrogen-bond donors (Lipinski definition) is 2. The average Bonchev–Trinajstić information content (AvgIpc) is 3.41. The second-order valence-electron chi connectivity index (χ2n) is 12.8. The maximum absolute atomic E-state index is 12.2. The Bertz CT molecular complexity index is 2190. The van der Waals surface area contributed by atoms with Crippen molar-refractivity contribution in [2.75, 3.05) is 11.4 Å². The van der Waals surface area contributed by atoms with E-state index in [0.29, 0.717) is 11.5 Å². The molecule has 46 heavy (non-hydrogen) atoms. The molecule has 0 spiro atoms. The van der Waals surface area contributed by atoms with E-state index in [-0.39, 0.29) is 23.9 Å². The molecule has 0 saturated carbocycles. The third-order valence-electron chi connectivity index (χ3n) is 9.36. The van der Waals surface area contributed by atoms with E-state index >= 15 is 0 Å². The zero-order valence-electron chi connectivity index (χ0n) is 25.7. The number of carbonyl (C=O) groups is 3. The molecule has 1 unspecified atom stereocenters. The van der Waals surface area contributed by atoms with Gasteiger partial charge in [0.15, 0.2) is 0 Å². The van der Waals surface area contributed by atoms with Crippen LogP contribution in [0.4, 0.5) is 10.5 Å². The van der Waals surface area contributed by atoms with Gasteiger partial charge in [-0.1, -0.05) is 80.6 Å². The van der Waals surface area contributed by atoms with Crippen LogP contribution in [-0.2, 0) is 17.6 Å². The molecule has 8 rings (SSSR count). The van der Waals surface area contributed by atoms with Crippen molar-refractivity contribution in [2.45, 2.75) is 32.6 Å². The van der Waals surface area contributed by atoms with Gasteiger partial charge in [-0.25, -0.2) is 9.59 Å². The van der Waals surface area contributed by atoms with E-state index in [2.05, 4.69) is 84.8 Å². The van der Waals surface area contributed by atoms with E-state index in [0.717, 1.165) is 29.4 Å². The molecule has 3 amide bonds. The third kappa shape index (κ3) is 5.34. The molecular weight excluding hydrogens is 574 g/mol. The summed E-state index contributed by atoms with van der Waals surface area (Å²) in [6, 6.07) is 34.0. The van der Waals surface area contributed by atoms with Crippen LogP contribution in [-0.4, -0.2) is 34.5 Å². The number of benzene rings is 5. The molecule has 1 fully saturated rings. The standard InChI is InChI=1S/C29H26N2O2.C10H7NO2/c1-29(2)16-25-19(11-13-23-22-9-4-3-6-18(22)10-12-24(23)25)15-26(29)20-7-5-8-21(14-20)31-17-27(32)30-28(31)33;12-10(13)8-3-4-9-7(6-8)2-1-5-11-9/h3-14,26H,15-17H2,1-2H3,(H,30,32,33);1-6H,(H,12,13). The number of fused-ring (bicyclic) bond motifs is 6. The molecule has 5 aromatic carbocycles. The lowest BCUT2D eigenvalue weighted by Crippen LogP contribution is -2.32. The van der Waals surface area contributed by atoms with Crippen molar-refractivity contribution in [1.82, 2.24) is 10.3 Å². The van der Waals surface area contributed by atoms with Gasteiger partial charge in [0.25, 0.3) is 0 Å². The number of carbonyl (C=O) groups excluding carboxylic acids is 2. The number of imide groups is 1. The molecule has 6 aromatic rings. The highest BCUT2D eigenvalue weighted by Gasteiger charge is 2.37. The van der Waals surface area contributed by atoms with Crippen molar-refractivity contribution in [1.29, 1.82) is 0 Å². The van der Waals surface area contributed by atoms with Gasteiger partial charge in [0, 0.05) is 17.3 Å². The molecule has 2 N–H and O–H groups in total. The number of nitrogens with zero attached hydrogens (tertiary/aromatic N) is 2. The smallest absolute Gasteiger partial charge is 0.335 e. The fourth-order valence-electron chi connectivity index (χ4n) is 7.01. The first-order chi connectivity index (χ1) is 22.2. The number of nitrogens with one attached hydrogen (secondary N) is 1. The van der Waals surface area contributed by atoms with E-state index in [9.17, 15) is 14.4 Å². The summed E-state index contributed by atoms with van der Waals surface area (Å²) in [5.74, 6) is -0.841. The summed E-state index contributed by atoms with van der Waals surface area (Å²) in [6.07, 6.45) is 3.64. The highest BCUT2D eigenvalue weighted by molar-refractivity contribution is 6.12. The van der Waals surface area contributed by atoms with Crippen molar-refractivity contribution < 1.29 is 19.5 Å². The van der Waals surface area contributed by atoms with Gasteiger partial charge in [0.2, 0.25) is 5.91 Å². The van der Waals surface area contributed by atoms with Crippen LogP contribution in [0.25, 0.3) is 32.4 Å². The van der Waals surface area contributed by atoms with Crippen molar-refractivity contribution in [3.63, 3.8) is 0 Å². The number of pyridine rings is 1. The summed E-state index contributed by atoms with van der Waals surface area (Å²) in [4.78, 5) is 40.1. The number of carboxylic acid groups (broad SMARTS) is 1. The van der Waals surface area contributed by atoms with E-state index < -0.39 is 5.97 Å². The molecule has 228 valence electrons. The fraction of sp³-hybridized carbons (Fsp3) is 0.179. The van der Waals surface area contributed by atoms with Crippen LogP contribution >= 0.6 is 0 Å². The van der Waals surface area contributed by atoms with Crippen molar-refractivity contribution in [3.05, 3.63) is 132 Å². The molecule has 1 saturated heterocycles. The van der Waals surface area contributed by atoms with Crippen LogP contribution in [0, 0.1) is 5.41 Å². The normalized spacial score (nSPS) is 17.0. The first-order valence-electron chi connectivity index (χ1n) is 15.4. The Morgan fingerprint density at radius 1 is 0.848 bits per heavy atom. The number of rotatable bonds is 3. The Balaban J connectivity index is 0.000000218. The maximum atomic E-state index is 12.2. The molecule has 1 atom stereocenters. The zero-order chi connectivity index (χ0) is 32.0. The molecule has 7 nitrogen and oxygen atoms in total. The van der Waals surface area contributed by atoms with Crippen LogP contribution in [0.2, 0.25) is 0 Å². The Morgan fingerprint density at radius 3 is 2.46 bits per heavy atom. The van der Waals surface area contributed by atoms with Crippen LogP contribution in [0.1, 0.15) is 46.8 Å². The zero-order valence-corrected chi connectivity index (χ0v) is 25.7. The molecule has 1 aliphatic carbocycles. The summed E-state index contributed by atoms with van der Waals surface area (Å²) in [7, 11) is 0. The van der Waals surface area contributed by atoms with Gasteiger partial charge in [-0.3, -0.25) is 20.0 Å². The molecule has 0 bridgehead atoms. The summed E-state index contributed by atoms with van der Waals surface area (Å²) in [5, 5.41) is 17.2. The lowest BCUT2D eigenvalue weighted by molar-refractivity contribution is -0.117. The minimum absolute atomic E-state index is 0.0502. The topological polar surface area (TPSA) is 99.6 Å². The monoisotopic (exact) mass is 607 g/mol. The van der Waals surface area contributed by atoms with Gasteiger partial charge in [0.1, 0.15) is 6.54 Å². The number of hydrogen-bond acceptors (Lipinski definition) is 4. The number of aromatic carboxylic acids is 1. The van der Waals surface area contributed by atoms with Gasteiger partial charge >= 0.3 is 12.0 Å². The second kappa shape index (κ2) is 11.4. The average molecular weight is 608 g/mol. The van der Waals surface area contributed by atoms with Crippen LogP contribution in [0.15, 0.2) is 109 Å². The van der Waals surface area contributed by atoms with E-state index in [4.69, 9.17) is 5.11 Å². The third-order valence-corrected chi connectivity index (χ3v) is 9.36. The number of anilines is 1. The quantitative estimate of drug-likeness (QED) is 0.157. The molecule has 2 heterocycles. The Kier molecular flexibility index (Phi) is 7.24. The number of carboxylic acids is 1. The Morgan fingerprint density at radius 2 is 1.65 bits per heavy atom. The van der Waals surface area contributed by atoms with Gasteiger partial charge in [0.05, 0.1) is 11.1 Å². The summed E-state index contributed by atoms with van der Waals surface area (Å²) >= 11 is 0. The van der Waals surface area contributed by atoms with Gasteiger partial charge in [-0.2, -0.15) is 0 Å². The number of urea groups is 1. The lowest BCUT2D eigenvalue weighted by Gasteiger charge is -2.41. The highest BCUT2D eigenvalue weighted by Crippen LogP contribution is 2.48. The molecule has 1 aromatic heterocycles. The Hall–Kier alpha value is -5.56. The molecule has 7 heteroatoms. The largest absolute Gasteiger partial charge is 0.478 e. The number of amides is 3. The van der Waals surface area contributed by atoms with E-state index in [1.54, 1.807) is 30.5 Å². The SMILES string of the molecule is CC1(C)Cc2c(ccc3c2ccc2ccccc23)CC1c1cccc(N2CC(=O)NC2=O)c1.O=C(O)c1ccc2ncccc2c1. The van der Waals surface area contributed by atoms with Crippen LogP contribution < -0.4 is 10.2 Å². The first kappa shape index (κ1) is 29.2. The van der Waals surface area contributed by atoms with Crippen molar-refractivity contribution in [3.8, 4) is 0 Å². The van der Waals surface area contributed by atoms with Crippen molar-refractivity contribution in [2.24, 2.45) is 5.41 Å². The number of aromatic nitrogens is 1. The summed E-state index contributed by atoms with van der Waals surface area (Å²) in [6.45, 7) is 4.78. The predicted molar refractivity (Wildman–Crippen MR) is 181 cm³/mol. The lowest BCUT2D eigenvalue weighted by atomic mass is 9.63. The molecular formula is C39H33N3O4.